The number of hydrogen-bond acceptors (Lipinski definition) is 3. The molecule has 1 heterocycles. The van der Waals surface area contributed by atoms with Crippen molar-refractivity contribution in [1.29, 1.82) is 0 Å². The monoisotopic (exact) mass is 377 g/mol. The van der Waals surface area contributed by atoms with Gasteiger partial charge in [0.2, 0.25) is 0 Å². The lowest BCUT2D eigenvalue weighted by Gasteiger charge is -2.18. The summed E-state index contributed by atoms with van der Waals surface area (Å²) in [7, 11) is 1.80. The fourth-order valence-electron chi connectivity index (χ4n) is 3.24. The molecule has 0 spiro atoms. The van der Waals surface area contributed by atoms with Crippen LogP contribution in [0.15, 0.2) is 54.6 Å². The lowest BCUT2D eigenvalue weighted by Crippen LogP contribution is -2.31. The highest BCUT2D eigenvalue weighted by Crippen LogP contribution is 2.20. The summed E-state index contributed by atoms with van der Waals surface area (Å²) in [4.78, 5) is 14.3. The first kappa shape index (κ1) is 19.7. The Labute approximate surface area is 166 Å². The van der Waals surface area contributed by atoms with Gasteiger partial charge in [-0.25, -0.2) is 4.68 Å². The molecule has 0 atom stereocenters. The van der Waals surface area contributed by atoms with Crippen LogP contribution in [-0.2, 0) is 17.8 Å². The second-order valence-corrected chi connectivity index (χ2v) is 6.90. The molecular formula is C23H27N3O2. The van der Waals surface area contributed by atoms with Crippen molar-refractivity contribution in [3.63, 3.8) is 0 Å². The average molecular weight is 377 g/mol. The maximum atomic E-state index is 12.6. The number of likely N-dealkylation sites (N-methyl/N-ethyl adjacent to an activating group) is 1. The lowest BCUT2D eigenvalue weighted by molar-refractivity contribution is -0.132. The van der Waals surface area contributed by atoms with Crippen molar-refractivity contribution < 1.29 is 9.53 Å². The molecule has 5 nitrogen and oxygen atoms in total. The molecule has 0 unspecified atom stereocenters. The first-order chi connectivity index (χ1) is 13.5. The summed E-state index contributed by atoms with van der Waals surface area (Å²) in [6.45, 7) is 6.62. The molecule has 1 amide bonds. The normalized spacial score (nSPS) is 10.7. The number of aryl methyl sites for hydroxylation is 2. The van der Waals surface area contributed by atoms with Gasteiger partial charge < -0.3 is 9.64 Å². The fraction of sp³-hybridized carbons (Fsp3) is 0.304. The Hall–Kier alpha value is -3.08. The quantitative estimate of drug-likeness (QED) is 0.623. The Kier molecular flexibility index (Phi) is 6.14. The Morgan fingerprint density at radius 2 is 1.75 bits per heavy atom. The minimum absolute atomic E-state index is 0.0262. The number of para-hydroxylation sites is 2. The van der Waals surface area contributed by atoms with E-state index >= 15 is 0 Å². The van der Waals surface area contributed by atoms with Crippen LogP contribution in [0.5, 0.6) is 5.75 Å². The largest absolute Gasteiger partial charge is 0.483 e. The molecule has 0 fully saturated rings. The standard InChI is InChI=1S/C23H27N3O2/c1-5-19-11-9-10-14-22(19)28-16-23(27)25(4)15-21-17(2)24-26(18(21)3)20-12-7-6-8-13-20/h6-14H,5,15-16H2,1-4H3. The van der Waals surface area contributed by atoms with E-state index in [-0.39, 0.29) is 12.5 Å². The van der Waals surface area contributed by atoms with Crippen molar-refractivity contribution in [2.75, 3.05) is 13.7 Å². The molecule has 5 heteroatoms. The molecule has 0 radical (unpaired) electrons. The van der Waals surface area contributed by atoms with Gasteiger partial charge in [-0.2, -0.15) is 5.10 Å². The van der Waals surface area contributed by atoms with E-state index in [0.717, 1.165) is 40.4 Å². The predicted octanol–water partition coefficient (Wildman–Crippen LogP) is 4.09. The summed E-state index contributed by atoms with van der Waals surface area (Å²) in [6.07, 6.45) is 0.872. The Morgan fingerprint density at radius 1 is 1.07 bits per heavy atom. The van der Waals surface area contributed by atoms with E-state index in [2.05, 4.69) is 12.0 Å². The number of nitrogens with zero attached hydrogens (tertiary/aromatic N) is 3. The van der Waals surface area contributed by atoms with Crippen LogP contribution in [0.3, 0.4) is 0 Å². The first-order valence-corrected chi connectivity index (χ1v) is 9.56. The third-order valence-corrected chi connectivity index (χ3v) is 4.97. The van der Waals surface area contributed by atoms with Crippen molar-refractivity contribution in [3.8, 4) is 11.4 Å². The minimum Gasteiger partial charge on any atom is -0.483 e. The number of carbonyl (C=O) groups excluding carboxylic acids is 1. The highest BCUT2D eigenvalue weighted by molar-refractivity contribution is 5.77. The van der Waals surface area contributed by atoms with Gasteiger partial charge in [0.05, 0.1) is 11.4 Å². The number of amides is 1. The molecule has 0 aliphatic heterocycles. The third-order valence-electron chi connectivity index (χ3n) is 4.97. The second-order valence-electron chi connectivity index (χ2n) is 6.90. The van der Waals surface area contributed by atoms with Gasteiger partial charge in [0.15, 0.2) is 6.61 Å². The van der Waals surface area contributed by atoms with E-state index in [1.165, 1.54) is 0 Å². The van der Waals surface area contributed by atoms with Crippen LogP contribution < -0.4 is 4.74 Å². The summed E-state index contributed by atoms with van der Waals surface area (Å²) in [5.74, 6) is 0.716. The molecule has 0 aliphatic carbocycles. The highest BCUT2D eigenvalue weighted by atomic mass is 16.5. The second kappa shape index (κ2) is 8.74. The molecule has 0 saturated heterocycles. The van der Waals surface area contributed by atoms with Gasteiger partial charge in [0.1, 0.15) is 5.75 Å². The summed E-state index contributed by atoms with van der Waals surface area (Å²) in [5.41, 5.74) is 5.16. The van der Waals surface area contributed by atoms with E-state index < -0.39 is 0 Å². The van der Waals surface area contributed by atoms with Crippen molar-refractivity contribution >= 4 is 5.91 Å². The van der Waals surface area contributed by atoms with Crippen molar-refractivity contribution in [2.24, 2.45) is 0 Å². The maximum Gasteiger partial charge on any atom is 0.260 e. The average Bonchev–Trinajstić information content (AvgIpc) is 3.01. The number of rotatable bonds is 7. The highest BCUT2D eigenvalue weighted by Gasteiger charge is 2.18. The number of ether oxygens (including phenoxy) is 1. The third kappa shape index (κ3) is 4.25. The smallest absolute Gasteiger partial charge is 0.260 e. The van der Waals surface area contributed by atoms with Gasteiger partial charge >= 0.3 is 0 Å². The summed E-state index contributed by atoms with van der Waals surface area (Å²) in [5, 5.41) is 4.66. The molecule has 3 rings (SSSR count). The summed E-state index contributed by atoms with van der Waals surface area (Å²) < 4.78 is 7.70. The summed E-state index contributed by atoms with van der Waals surface area (Å²) >= 11 is 0. The molecule has 0 aliphatic rings. The van der Waals surface area contributed by atoms with E-state index in [1.54, 1.807) is 11.9 Å². The van der Waals surface area contributed by atoms with Crippen molar-refractivity contribution in [1.82, 2.24) is 14.7 Å². The van der Waals surface area contributed by atoms with Crippen molar-refractivity contribution in [2.45, 2.75) is 33.7 Å². The number of aromatic nitrogens is 2. The van der Waals surface area contributed by atoms with Crippen LogP contribution in [0.1, 0.15) is 29.4 Å². The number of benzene rings is 2. The van der Waals surface area contributed by atoms with E-state index in [4.69, 9.17) is 4.74 Å². The van der Waals surface area contributed by atoms with Crippen LogP contribution in [0.2, 0.25) is 0 Å². The van der Waals surface area contributed by atoms with Crippen LogP contribution >= 0.6 is 0 Å². The van der Waals surface area contributed by atoms with E-state index in [0.29, 0.717) is 6.54 Å². The van der Waals surface area contributed by atoms with Gasteiger partial charge in [-0.15, -0.1) is 0 Å². The molecule has 3 aromatic rings. The minimum atomic E-state index is -0.0582. The van der Waals surface area contributed by atoms with E-state index in [1.807, 2.05) is 73.1 Å². The molecule has 2 aromatic carbocycles. The zero-order chi connectivity index (χ0) is 20.1. The first-order valence-electron chi connectivity index (χ1n) is 9.56. The zero-order valence-corrected chi connectivity index (χ0v) is 17.0. The Morgan fingerprint density at radius 3 is 2.46 bits per heavy atom. The molecular weight excluding hydrogens is 350 g/mol. The Balaban J connectivity index is 1.68. The number of carbonyl (C=O) groups is 1. The molecule has 146 valence electrons. The van der Waals surface area contributed by atoms with Crippen LogP contribution in [-0.4, -0.2) is 34.2 Å². The molecule has 0 bridgehead atoms. The fourth-order valence-corrected chi connectivity index (χ4v) is 3.24. The molecule has 28 heavy (non-hydrogen) atoms. The zero-order valence-electron chi connectivity index (χ0n) is 17.0. The van der Waals surface area contributed by atoms with Crippen molar-refractivity contribution in [3.05, 3.63) is 77.1 Å². The Bertz CT molecular complexity index is 948. The van der Waals surface area contributed by atoms with Gasteiger partial charge in [-0.1, -0.05) is 43.3 Å². The predicted molar refractivity (Wildman–Crippen MR) is 111 cm³/mol. The topological polar surface area (TPSA) is 47.4 Å². The van der Waals surface area contributed by atoms with Crippen LogP contribution in [0, 0.1) is 13.8 Å². The maximum absolute atomic E-state index is 12.6. The van der Waals surface area contributed by atoms with Gasteiger partial charge in [0, 0.05) is 24.8 Å². The van der Waals surface area contributed by atoms with Crippen LogP contribution in [0.4, 0.5) is 0 Å². The number of hydrogen-bond donors (Lipinski definition) is 0. The molecule has 1 aromatic heterocycles. The SMILES string of the molecule is CCc1ccccc1OCC(=O)N(C)Cc1c(C)nn(-c2ccccc2)c1C. The van der Waals surface area contributed by atoms with Gasteiger partial charge in [0.25, 0.3) is 5.91 Å². The summed E-state index contributed by atoms with van der Waals surface area (Å²) in [6, 6.07) is 17.9. The van der Waals surface area contributed by atoms with Gasteiger partial charge in [-0.05, 0) is 44.0 Å². The lowest BCUT2D eigenvalue weighted by atomic mass is 10.1. The molecule has 0 N–H and O–H groups in total. The molecule has 0 saturated carbocycles. The van der Waals surface area contributed by atoms with Gasteiger partial charge in [-0.3, -0.25) is 4.79 Å². The van der Waals surface area contributed by atoms with Crippen LogP contribution in [0.25, 0.3) is 5.69 Å². The van der Waals surface area contributed by atoms with E-state index in [9.17, 15) is 4.79 Å².